The van der Waals surface area contributed by atoms with Crippen LogP contribution >= 0.6 is 15.9 Å². The van der Waals surface area contributed by atoms with Crippen molar-refractivity contribution < 1.29 is 13.9 Å². The van der Waals surface area contributed by atoms with Crippen LogP contribution in [0.1, 0.15) is 20.8 Å². The predicted molar refractivity (Wildman–Crippen MR) is 91.1 cm³/mol. The maximum atomic E-state index is 14.2. The number of nitrogens with zero attached hydrogens (tertiary/aromatic N) is 2. The molecule has 1 amide bonds. The molecule has 0 radical (unpaired) electrons. The van der Waals surface area contributed by atoms with E-state index in [1.807, 2.05) is 32.9 Å². The van der Waals surface area contributed by atoms with Gasteiger partial charge in [0, 0.05) is 38.0 Å². The number of rotatable bonds is 1. The number of likely N-dealkylation sites (tertiary alicyclic amines) is 1. The van der Waals surface area contributed by atoms with Gasteiger partial charge in [0.2, 0.25) is 0 Å². The third kappa shape index (κ3) is 3.47. The molecule has 6 heteroatoms. The Morgan fingerprint density at radius 2 is 1.83 bits per heavy atom. The molecule has 1 aromatic carbocycles. The van der Waals surface area contributed by atoms with Gasteiger partial charge in [-0.3, -0.25) is 0 Å². The number of ether oxygens (including phenoxy) is 1. The molecule has 0 saturated carbocycles. The highest BCUT2D eigenvalue weighted by Gasteiger charge is 2.43. The molecule has 2 fully saturated rings. The zero-order valence-corrected chi connectivity index (χ0v) is 15.3. The monoisotopic (exact) mass is 384 g/mol. The normalized spacial score (nSPS) is 24.0. The second kappa shape index (κ2) is 5.96. The molecule has 0 aromatic heterocycles. The van der Waals surface area contributed by atoms with Crippen LogP contribution in [-0.2, 0) is 4.74 Å². The van der Waals surface area contributed by atoms with Crippen molar-refractivity contribution in [2.75, 3.05) is 31.1 Å². The zero-order chi connectivity index (χ0) is 16.8. The van der Waals surface area contributed by atoms with Gasteiger partial charge >= 0.3 is 6.09 Å². The van der Waals surface area contributed by atoms with Crippen LogP contribution in [0.15, 0.2) is 22.7 Å². The summed E-state index contributed by atoms with van der Waals surface area (Å²) in [5.41, 5.74) is 0.165. The summed E-state index contributed by atoms with van der Waals surface area (Å²) in [4.78, 5) is 16.0. The summed E-state index contributed by atoms with van der Waals surface area (Å²) in [6.07, 6.45) is -0.243. The van der Waals surface area contributed by atoms with E-state index < -0.39 is 5.60 Å². The molecule has 4 nitrogen and oxygen atoms in total. The van der Waals surface area contributed by atoms with Crippen molar-refractivity contribution in [3.8, 4) is 0 Å². The summed E-state index contributed by atoms with van der Waals surface area (Å²) < 4.78 is 20.2. The Morgan fingerprint density at radius 3 is 2.39 bits per heavy atom. The van der Waals surface area contributed by atoms with E-state index in [1.165, 1.54) is 0 Å². The summed E-state index contributed by atoms with van der Waals surface area (Å²) in [5.74, 6) is 0.540. The van der Waals surface area contributed by atoms with Crippen molar-refractivity contribution >= 4 is 27.7 Å². The molecule has 0 bridgehead atoms. The highest BCUT2D eigenvalue weighted by atomic mass is 79.9. The summed E-state index contributed by atoms with van der Waals surface area (Å²) >= 11 is 3.24. The largest absolute Gasteiger partial charge is 0.444 e. The quantitative estimate of drug-likeness (QED) is 0.736. The van der Waals surface area contributed by atoms with Gasteiger partial charge in [-0.05, 0) is 48.8 Å². The van der Waals surface area contributed by atoms with E-state index >= 15 is 0 Å². The van der Waals surface area contributed by atoms with E-state index in [0.29, 0.717) is 35.1 Å². The van der Waals surface area contributed by atoms with Gasteiger partial charge in [-0.15, -0.1) is 0 Å². The third-order valence-corrected chi connectivity index (χ3v) is 5.02. The standard InChI is InChI=1S/C17H22BrFN2O2/c1-17(2,3)23-16(22)21-9-11-7-20(8-12(11)10-21)14-6-4-5-13(18)15(14)19/h4-6,11-12H,7-10H2,1-3H3/t11-,12+. The molecule has 1 aromatic rings. The van der Waals surface area contributed by atoms with E-state index in [-0.39, 0.29) is 11.9 Å². The van der Waals surface area contributed by atoms with Gasteiger partial charge in [0.05, 0.1) is 10.2 Å². The molecule has 2 saturated heterocycles. The SMILES string of the molecule is CC(C)(C)OC(=O)N1C[C@@H]2CN(c3cccc(Br)c3F)C[C@@H]2C1. The smallest absolute Gasteiger partial charge is 0.410 e. The number of amides is 1. The van der Waals surface area contributed by atoms with Gasteiger partial charge in [-0.1, -0.05) is 6.07 Å². The second-order valence-corrected chi connectivity index (χ2v) is 8.24. The number of hydrogen-bond donors (Lipinski definition) is 0. The number of carbonyl (C=O) groups excluding carboxylic acids is 1. The highest BCUT2D eigenvalue weighted by molar-refractivity contribution is 9.10. The number of carbonyl (C=O) groups is 1. The molecular formula is C17H22BrFN2O2. The van der Waals surface area contributed by atoms with Gasteiger partial charge in [0.15, 0.2) is 5.82 Å². The van der Waals surface area contributed by atoms with Crippen molar-refractivity contribution in [2.45, 2.75) is 26.4 Å². The van der Waals surface area contributed by atoms with Crippen LogP contribution in [-0.4, -0.2) is 42.8 Å². The molecular weight excluding hydrogens is 363 g/mol. The van der Waals surface area contributed by atoms with Gasteiger partial charge in [-0.25, -0.2) is 9.18 Å². The summed E-state index contributed by atoms with van der Waals surface area (Å²) in [6.45, 7) is 8.55. The summed E-state index contributed by atoms with van der Waals surface area (Å²) in [7, 11) is 0. The topological polar surface area (TPSA) is 32.8 Å². The van der Waals surface area contributed by atoms with Gasteiger partial charge in [0.25, 0.3) is 0 Å². The molecule has 0 spiro atoms. The zero-order valence-electron chi connectivity index (χ0n) is 13.7. The van der Waals surface area contributed by atoms with E-state index in [2.05, 4.69) is 20.8 Å². The molecule has 2 heterocycles. The van der Waals surface area contributed by atoms with Crippen molar-refractivity contribution in [1.82, 2.24) is 4.90 Å². The van der Waals surface area contributed by atoms with Crippen LogP contribution < -0.4 is 4.90 Å². The van der Waals surface area contributed by atoms with Crippen LogP contribution in [0.5, 0.6) is 0 Å². The molecule has 23 heavy (non-hydrogen) atoms. The number of anilines is 1. The molecule has 3 rings (SSSR count). The lowest BCUT2D eigenvalue weighted by Gasteiger charge is -2.26. The lowest BCUT2D eigenvalue weighted by Crippen LogP contribution is -2.37. The van der Waals surface area contributed by atoms with Crippen molar-refractivity contribution in [3.05, 3.63) is 28.5 Å². The number of halogens is 2. The van der Waals surface area contributed by atoms with Gasteiger partial charge in [-0.2, -0.15) is 0 Å². The minimum Gasteiger partial charge on any atom is -0.444 e. The fraction of sp³-hybridized carbons (Fsp3) is 0.588. The van der Waals surface area contributed by atoms with Crippen LogP contribution in [0, 0.1) is 17.7 Å². The Labute approximate surface area is 144 Å². The number of hydrogen-bond acceptors (Lipinski definition) is 3. The van der Waals surface area contributed by atoms with Crippen LogP contribution in [0.4, 0.5) is 14.9 Å². The Balaban J connectivity index is 1.64. The van der Waals surface area contributed by atoms with Crippen molar-refractivity contribution in [1.29, 1.82) is 0 Å². The van der Waals surface area contributed by atoms with Crippen LogP contribution in [0.3, 0.4) is 0 Å². The first-order valence-electron chi connectivity index (χ1n) is 7.91. The van der Waals surface area contributed by atoms with Crippen LogP contribution in [0.25, 0.3) is 0 Å². The molecule has 0 aliphatic carbocycles. The first-order chi connectivity index (χ1) is 10.7. The maximum absolute atomic E-state index is 14.2. The van der Waals surface area contributed by atoms with Crippen molar-refractivity contribution in [2.24, 2.45) is 11.8 Å². The maximum Gasteiger partial charge on any atom is 0.410 e. The number of benzene rings is 1. The molecule has 0 unspecified atom stereocenters. The fourth-order valence-electron chi connectivity index (χ4n) is 3.40. The minimum atomic E-state index is -0.472. The average molecular weight is 385 g/mol. The Hall–Kier alpha value is -1.30. The Morgan fingerprint density at radius 1 is 1.22 bits per heavy atom. The second-order valence-electron chi connectivity index (χ2n) is 7.38. The molecule has 2 aliphatic heterocycles. The number of fused-ring (bicyclic) bond motifs is 1. The molecule has 2 aliphatic rings. The van der Waals surface area contributed by atoms with Gasteiger partial charge in [0.1, 0.15) is 5.60 Å². The Kier molecular flexibility index (Phi) is 4.29. The predicted octanol–water partition coefficient (Wildman–Crippen LogP) is 3.89. The molecule has 0 N–H and O–H groups in total. The molecule has 126 valence electrons. The first-order valence-corrected chi connectivity index (χ1v) is 8.71. The third-order valence-electron chi connectivity index (χ3n) is 4.41. The highest BCUT2D eigenvalue weighted by Crippen LogP contribution is 2.36. The van der Waals surface area contributed by atoms with E-state index in [9.17, 15) is 9.18 Å². The average Bonchev–Trinajstić information content (AvgIpc) is 2.98. The van der Waals surface area contributed by atoms with E-state index in [0.717, 1.165) is 13.1 Å². The summed E-state index contributed by atoms with van der Waals surface area (Å²) in [5, 5.41) is 0. The van der Waals surface area contributed by atoms with Crippen molar-refractivity contribution in [3.63, 3.8) is 0 Å². The Bertz CT molecular complexity index is 603. The summed E-state index contributed by atoms with van der Waals surface area (Å²) in [6, 6.07) is 5.37. The minimum absolute atomic E-state index is 0.212. The fourth-order valence-corrected chi connectivity index (χ4v) is 3.76. The van der Waals surface area contributed by atoms with Crippen LogP contribution in [0.2, 0.25) is 0 Å². The molecule has 2 atom stereocenters. The van der Waals surface area contributed by atoms with E-state index in [1.54, 1.807) is 11.0 Å². The lowest BCUT2D eigenvalue weighted by atomic mass is 10.0. The lowest BCUT2D eigenvalue weighted by molar-refractivity contribution is 0.0282. The first kappa shape index (κ1) is 16.6. The van der Waals surface area contributed by atoms with Gasteiger partial charge < -0.3 is 14.5 Å². The van der Waals surface area contributed by atoms with E-state index in [4.69, 9.17) is 4.74 Å².